The number of aliphatic hydroxyl groups is 1. The molecule has 0 bridgehead atoms. The molecule has 2 N–H and O–H groups in total. The smallest absolute Gasteiger partial charge is 0.216 e. The standard InChI is InChI=1S/C13H14FNO2/c1-10(17)15-7-3-2-4-11-5-6-13(14)8-12(11)9-16/h5-6,8,16H,3,7,9H2,1H3,(H,15,17). The van der Waals surface area contributed by atoms with Crippen molar-refractivity contribution in [3.05, 3.63) is 35.1 Å². The third kappa shape index (κ3) is 4.66. The molecule has 0 aliphatic carbocycles. The van der Waals surface area contributed by atoms with E-state index in [4.69, 9.17) is 5.11 Å². The molecular formula is C13H14FNO2. The van der Waals surface area contributed by atoms with Crippen LogP contribution in [0.25, 0.3) is 0 Å². The van der Waals surface area contributed by atoms with Crippen molar-refractivity contribution >= 4 is 5.91 Å². The highest BCUT2D eigenvalue weighted by atomic mass is 19.1. The van der Waals surface area contributed by atoms with Crippen LogP contribution >= 0.6 is 0 Å². The van der Waals surface area contributed by atoms with Gasteiger partial charge in [-0.25, -0.2) is 4.39 Å². The molecule has 0 aliphatic heterocycles. The number of halogens is 1. The lowest BCUT2D eigenvalue weighted by Crippen LogP contribution is -2.20. The zero-order valence-corrected chi connectivity index (χ0v) is 9.59. The van der Waals surface area contributed by atoms with Gasteiger partial charge in [0.15, 0.2) is 0 Å². The van der Waals surface area contributed by atoms with Crippen molar-refractivity contribution in [3.63, 3.8) is 0 Å². The van der Waals surface area contributed by atoms with E-state index in [2.05, 4.69) is 17.2 Å². The van der Waals surface area contributed by atoms with Gasteiger partial charge in [0.2, 0.25) is 5.91 Å². The summed E-state index contributed by atoms with van der Waals surface area (Å²) < 4.78 is 12.9. The average Bonchev–Trinajstić information content (AvgIpc) is 2.29. The molecule has 4 heteroatoms. The molecule has 3 nitrogen and oxygen atoms in total. The zero-order valence-electron chi connectivity index (χ0n) is 9.59. The number of carbonyl (C=O) groups is 1. The number of amides is 1. The topological polar surface area (TPSA) is 49.3 Å². The molecule has 1 amide bonds. The quantitative estimate of drug-likeness (QED) is 0.611. The highest BCUT2D eigenvalue weighted by molar-refractivity contribution is 5.72. The van der Waals surface area contributed by atoms with Crippen LogP contribution in [0, 0.1) is 17.7 Å². The summed E-state index contributed by atoms with van der Waals surface area (Å²) in [5, 5.41) is 11.6. The highest BCUT2D eigenvalue weighted by Crippen LogP contribution is 2.10. The van der Waals surface area contributed by atoms with E-state index in [1.165, 1.54) is 25.1 Å². The van der Waals surface area contributed by atoms with Gasteiger partial charge in [0, 0.05) is 25.5 Å². The molecule has 0 atom stereocenters. The van der Waals surface area contributed by atoms with Crippen LogP contribution in [0.1, 0.15) is 24.5 Å². The summed E-state index contributed by atoms with van der Waals surface area (Å²) in [7, 11) is 0. The van der Waals surface area contributed by atoms with Crippen LogP contribution in [0.5, 0.6) is 0 Å². The second-order valence-corrected chi connectivity index (χ2v) is 3.49. The Hall–Kier alpha value is -1.86. The third-order valence-corrected chi connectivity index (χ3v) is 2.08. The maximum Gasteiger partial charge on any atom is 0.216 e. The van der Waals surface area contributed by atoms with E-state index in [0.29, 0.717) is 24.1 Å². The fourth-order valence-corrected chi connectivity index (χ4v) is 1.27. The number of hydrogen-bond acceptors (Lipinski definition) is 2. The van der Waals surface area contributed by atoms with Gasteiger partial charge in [-0.05, 0) is 23.8 Å². The molecule has 0 spiro atoms. The van der Waals surface area contributed by atoms with Crippen LogP contribution in [0.15, 0.2) is 18.2 Å². The van der Waals surface area contributed by atoms with E-state index in [0.717, 1.165) is 0 Å². The second kappa shape index (κ2) is 6.66. The molecule has 0 unspecified atom stereocenters. The van der Waals surface area contributed by atoms with Crippen LogP contribution in [0.2, 0.25) is 0 Å². The Morgan fingerprint density at radius 1 is 1.53 bits per heavy atom. The molecule has 1 aromatic rings. The molecule has 90 valence electrons. The number of rotatable bonds is 3. The van der Waals surface area contributed by atoms with Gasteiger partial charge in [-0.3, -0.25) is 4.79 Å². The third-order valence-electron chi connectivity index (χ3n) is 2.08. The summed E-state index contributed by atoms with van der Waals surface area (Å²) >= 11 is 0. The van der Waals surface area contributed by atoms with Crippen LogP contribution < -0.4 is 5.32 Å². The van der Waals surface area contributed by atoms with E-state index in [-0.39, 0.29) is 12.5 Å². The van der Waals surface area contributed by atoms with Gasteiger partial charge in [-0.1, -0.05) is 11.8 Å². The average molecular weight is 235 g/mol. The predicted molar refractivity (Wildman–Crippen MR) is 62.5 cm³/mol. The normalized spacial score (nSPS) is 9.35. The summed E-state index contributed by atoms with van der Waals surface area (Å²) in [5.74, 6) is 5.21. The van der Waals surface area contributed by atoms with Crippen molar-refractivity contribution in [2.24, 2.45) is 0 Å². The van der Waals surface area contributed by atoms with Gasteiger partial charge >= 0.3 is 0 Å². The molecule has 0 fully saturated rings. The first kappa shape index (κ1) is 13.2. The minimum atomic E-state index is -0.391. The Labute approximate surface area is 99.7 Å². The van der Waals surface area contributed by atoms with E-state index in [9.17, 15) is 9.18 Å². The molecule has 0 heterocycles. The Morgan fingerprint density at radius 3 is 2.94 bits per heavy atom. The first-order chi connectivity index (χ1) is 8.13. The first-order valence-corrected chi connectivity index (χ1v) is 5.26. The van der Waals surface area contributed by atoms with Gasteiger partial charge in [-0.15, -0.1) is 0 Å². The fourth-order valence-electron chi connectivity index (χ4n) is 1.27. The van der Waals surface area contributed by atoms with Crippen molar-refractivity contribution in [1.82, 2.24) is 5.32 Å². The second-order valence-electron chi connectivity index (χ2n) is 3.49. The van der Waals surface area contributed by atoms with Crippen LogP contribution in [-0.4, -0.2) is 17.6 Å². The molecule has 0 saturated heterocycles. The van der Waals surface area contributed by atoms with Crippen LogP contribution in [0.4, 0.5) is 4.39 Å². The lowest BCUT2D eigenvalue weighted by molar-refractivity contribution is -0.118. The Kier molecular flexibility index (Phi) is 5.18. The SMILES string of the molecule is CC(=O)NCCC#Cc1ccc(F)cc1CO. The summed E-state index contributed by atoms with van der Waals surface area (Å²) in [5.41, 5.74) is 1.08. The molecular weight excluding hydrogens is 221 g/mol. The van der Waals surface area contributed by atoms with Gasteiger partial charge in [0.1, 0.15) is 5.82 Å². The minimum absolute atomic E-state index is 0.0929. The lowest BCUT2D eigenvalue weighted by Gasteiger charge is -2.00. The molecule has 0 saturated carbocycles. The highest BCUT2D eigenvalue weighted by Gasteiger charge is 2.00. The maximum atomic E-state index is 12.9. The summed E-state index contributed by atoms with van der Waals surface area (Å²) in [6, 6.07) is 4.10. The van der Waals surface area contributed by atoms with Crippen molar-refractivity contribution in [2.75, 3.05) is 6.54 Å². The molecule has 1 rings (SSSR count). The molecule has 0 radical (unpaired) electrons. The maximum absolute atomic E-state index is 12.9. The van der Waals surface area contributed by atoms with Gasteiger partial charge < -0.3 is 10.4 Å². The van der Waals surface area contributed by atoms with Crippen molar-refractivity contribution < 1.29 is 14.3 Å². The fraction of sp³-hybridized carbons (Fsp3) is 0.308. The number of hydrogen-bond donors (Lipinski definition) is 2. The first-order valence-electron chi connectivity index (χ1n) is 5.26. The van der Waals surface area contributed by atoms with E-state index in [1.54, 1.807) is 0 Å². The van der Waals surface area contributed by atoms with Crippen LogP contribution in [0.3, 0.4) is 0 Å². The predicted octanol–water partition coefficient (Wildman–Crippen LogP) is 1.20. The number of benzene rings is 1. The largest absolute Gasteiger partial charge is 0.392 e. The number of aliphatic hydroxyl groups excluding tert-OH is 1. The minimum Gasteiger partial charge on any atom is -0.392 e. The van der Waals surface area contributed by atoms with Crippen LogP contribution in [-0.2, 0) is 11.4 Å². The molecule has 17 heavy (non-hydrogen) atoms. The molecule has 0 aromatic heterocycles. The van der Waals surface area contributed by atoms with Gasteiger partial charge in [0.25, 0.3) is 0 Å². The van der Waals surface area contributed by atoms with E-state index >= 15 is 0 Å². The van der Waals surface area contributed by atoms with Gasteiger partial charge in [-0.2, -0.15) is 0 Å². The summed E-state index contributed by atoms with van der Waals surface area (Å²) in [4.78, 5) is 10.6. The molecule has 1 aromatic carbocycles. The van der Waals surface area contributed by atoms with E-state index in [1.807, 2.05) is 0 Å². The monoisotopic (exact) mass is 235 g/mol. The van der Waals surface area contributed by atoms with Gasteiger partial charge in [0.05, 0.1) is 6.61 Å². The summed E-state index contributed by atoms with van der Waals surface area (Å²) in [6.45, 7) is 1.68. The summed E-state index contributed by atoms with van der Waals surface area (Å²) in [6.07, 6.45) is 0.516. The van der Waals surface area contributed by atoms with Crippen molar-refractivity contribution in [3.8, 4) is 11.8 Å². The van der Waals surface area contributed by atoms with E-state index < -0.39 is 5.82 Å². The van der Waals surface area contributed by atoms with Crippen molar-refractivity contribution in [2.45, 2.75) is 20.0 Å². The Bertz CT molecular complexity index is 460. The van der Waals surface area contributed by atoms with Crippen molar-refractivity contribution in [1.29, 1.82) is 0 Å². The zero-order chi connectivity index (χ0) is 12.7. The molecule has 0 aliphatic rings. The Balaban J connectivity index is 2.62. The number of carbonyl (C=O) groups excluding carboxylic acids is 1. The lowest BCUT2D eigenvalue weighted by atomic mass is 10.1. The Morgan fingerprint density at radius 2 is 2.29 bits per heavy atom. The number of nitrogens with one attached hydrogen (secondary N) is 1.